The second-order valence-electron chi connectivity index (χ2n) is 8.70. The molecule has 0 saturated heterocycles. The lowest BCUT2D eigenvalue weighted by molar-refractivity contribution is -0.385. The molecule has 7 heteroatoms. The zero-order valence-corrected chi connectivity index (χ0v) is 18.8. The van der Waals surface area contributed by atoms with Crippen LogP contribution >= 0.6 is 0 Å². The predicted molar refractivity (Wildman–Crippen MR) is 123 cm³/mol. The number of carbonyl (C=O) groups is 2. The smallest absolute Gasteiger partial charge is 0.337 e. The van der Waals surface area contributed by atoms with E-state index in [2.05, 4.69) is 5.32 Å². The summed E-state index contributed by atoms with van der Waals surface area (Å²) in [6.07, 6.45) is 0.475. The summed E-state index contributed by atoms with van der Waals surface area (Å²) in [6, 6.07) is 16.1. The Morgan fingerprint density at radius 2 is 1.76 bits per heavy atom. The number of nitro groups is 1. The Morgan fingerprint density at radius 1 is 1.09 bits per heavy atom. The fourth-order valence-electron chi connectivity index (χ4n) is 4.76. The molecule has 0 aromatic heterocycles. The lowest BCUT2D eigenvalue weighted by atomic mass is 9.71. The molecule has 0 bridgehead atoms. The molecule has 0 saturated carbocycles. The number of dihydropyridines is 1. The van der Waals surface area contributed by atoms with E-state index in [0.717, 1.165) is 5.56 Å². The summed E-state index contributed by atoms with van der Waals surface area (Å²) < 4.78 is 5.48. The Morgan fingerprint density at radius 3 is 2.42 bits per heavy atom. The van der Waals surface area contributed by atoms with Crippen molar-refractivity contribution < 1.29 is 19.2 Å². The van der Waals surface area contributed by atoms with Gasteiger partial charge in [0, 0.05) is 35.0 Å². The minimum Gasteiger partial charge on any atom is -0.460 e. The summed E-state index contributed by atoms with van der Waals surface area (Å²) in [6.45, 7) is 5.23. The average molecular weight is 447 g/mol. The van der Waals surface area contributed by atoms with Crippen molar-refractivity contribution in [3.05, 3.63) is 98.4 Å². The maximum Gasteiger partial charge on any atom is 0.337 e. The van der Waals surface area contributed by atoms with Crippen LogP contribution in [0.25, 0.3) is 0 Å². The van der Waals surface area contributed by atoms with Gasteiger partial charge in [-0.2, -0.15) is 0 Å². The van der Waals surface area contributed by atoms with Crippen molar-refractivity contribution in [2.24, 2.45) is 0 Å². The Labute approximate surface area is 192 Å². The van der Waals surface area contributed by atoms with Crippen LogP contribution in [0.2, 0.25) is 0 Å². The monoisotopic (exact) mass is 446 g/mol. The molecule has 0 spiro atoms. The molecule has 0 amide bonds. The Hall–Kier alpha value is -3.74. The minimum absolute atomic E-state index is 0.00618. The molecular weight excluding hydrogens is 420 g/mol. The van der Waals surface area contributed by atoms with Crippen molar-refractivity contribution in [3.8, 4) is 0 Å². The molecule has 1 aliphatic carbocycles. The number of carbonyl (C=O) groups excluding carboxylic acids is 2. The number of esters is 1. The van der Waals surface area contributed by atoms with Crippen LogP contribution in [0.3, 0.4) is 0 Å². The maximum absolute atomic E-state index is 13.5. The van der Waals surface area contributed by atoms with E-state index in [1.54, 1.807) is 39.0 Å². The number of hydrogen-bond acceptors (Lipinski definition) is 6. The van der Waals surface area contributed by atoms with Gasteiger partial charge in [-0.1, -0.05) is 48.5 Å². The van der Waals surface area contributed by atoms with Gasteiger partial charge in [0.1, 0.15) is 0 Å². The molecule has 170 valence electrons. The lowest BCUT2D eigenvalue weighted by Gasteiger charge is -2.36. The van der Waals surface area contributed by atoms with Crippen molar-refractivity contribution in [2.75, 3.05) is 0 Å². The van der Waals surface area contributed by atoms with Gasteiger partial charge < -0.3 is 10.1 Å². The first-order valence-electron chi connectivity index (χ1n) is 11.0. The molecule has 1 aliphatic heterocycles. The number of para-hydroxylation sites is 1. The molecule has 2 aromatic rings. The second kappa shape index (κ2) is 9.02. The summed E-state index contributed by atoms with van der Waals surface area (Å²) in [4.78, 5) is 38.0. The van der Waals surface area contributed by atoms with Crippen molar-refractivity contribution in [3.63, 3.8) is 0 Å². The van der Waals surface area contributed by atoms with Crippen molar-refractivity contribution >= 4 is 17.4 Å². The number of benzene rings is 2. The summed E-state index contributed by atoms with van der Waals surface area (Å²) in [7, 11) is 0. The van der Waals surface area contributed by atoms with Gasteiger partial charge in [-0.05, 0) is 38.7 Å². The van der Waals surface area contributed by atoms with E-state index in [1.165, 1.54) is 6.07 Å². The first-order valence-corrected chi connectivity index (χ1v) is 11.0. The van der Waals surface area contributed by atoms with Gasteiger partial charge in [0.2, 0.25) is 0 Å². The molecule has 0 radical (unpaired) electrons. The quantitative estimate of drug-likeness (QED) is 0.398. The van der Waals surface area contributed by atoms with Crippen LogP contribution in [0, 0.1) is 10.1 Å². The molecule has 4 rings (SSSR count). The Kier molecular flexibility index (Phi) is 6.14. The lowest BCUT2D eigenvalue weighted by Crippen LogP contribution is -2.36. The first kappa shape index (κ1) is 22.5. The number of ether oxygens (including phenoxy) is 1. The standard InChI is InChI=1S/C26H26N2O5/c1-15(2)33-26(30)23-16(3)27-20-13-18(17-9-5-4-6-10-17)14-22(29)25(20)24(23)19-11-7-8-12-21(19)28(31)32/h4-12,15,18,24,27H,13-14H2,1-3H3/t18-,24-/m0/s1. The third-order valence-electron chi connectivity index (χ3n) is 6.11. The van der Waals surface area contributed by atoms with Crippen LogP contribution in [0.5, 0.6) is 0 Å². The number of Topliss-reactive ketones (excluding diaryl/α,β-unsaturated/α-hetero) is 1. The van der Waals surface area contributed by atoms with Crippen molar-refractivity contribution in [1.82, 2.24) is 5.32 Å². The predicted octanol–water partition coefficient (Wildman–Crippen LogP) is 4.91. The molecule has 2 aromatic carbocycles. The molecule has 0 unspecified atom stereocenters. The highest BCUT2D eigenvalue weighted by Crippen LogP contribution is 2.47. The van der Waals surface area contributed by atoms with Gasteiger partial charge in [0.25, 0.3) is 5.69 Å². The van der Waals surface area contributed by atoms with Crippen molar-refractivity contribution in [1.29, 1.82) is 0 Å². The van der Waals surface area contributed by atoms with Crippen LogP contribution in [-0.2, 0) is 14.3 Å². The highest BCUT2D eigenvalue weighted by molar-refractivity contribution is 6.04. The van der Waals surface area contributed by atoms with Gasteiger partial charge in [0.05, 0.1) is 22.5 Å². The topological polar surface area (TPSA) is 98.5 Å². The summed E-state index contributed by atoms with van der Waals surface area (Å²) in [5.74, 6) is -1.57. The van der Waals surface area contributed by atoms with Gasteiger partial charge in [-0.25, -0.2) is 4.79 Å². The minimum atomic E-state index is -0.863. The fourth-order valence-corrected chi connectivity index (χ4v) is 4.76. The largest absolute Gasteiger partial charge is 0.460 e. The van der Waals surface area contributed by atoms with Crippen LogP contribution in [0.15, 0.2) is 77.1 Å². The molecule has 33 heavy (non-hydrogen) atoms. The van der Waals surface area contributed by atoms with Crippen molar-refractivity contribution in [2.45, 2.75) is 51.6 Å². The van der Waals surface area contributed by atoms with E-state index in [4.69, 9.17) is 4.74 Å². The van der Waals surface area contributed by atoms with Gasteiger partial charge in [-0.3, -0.25) is 14.9 Å². The van der Waals surface area contributed by atoms with Crippen LogP contribution in [-0.4, -0.2) is 22.8 Å². The third kappa shape index (κ3) is 4.31. The molecule has 0 fully saturated rings. The number of nitro benzene ring substituents is 1. The summed E-state index contributed by atoms with van der Waals surface area (Å²) in [5, 5.41) is 15.1. The normalized spacial score (nSPS) is 20.4. The highest BCUT2D eigenvalue weighted by Gasteiger charge is 2.43. The molecule has 2 atom stereocenters. The van der Waals surface area contributed by atoms with Gasteiger partial charge >= 0.3 is 5.97 Å². The van der Waals surface area contributed by atoms with Crippen LogP contribution < -0.4 is 5.32 Å². The van der Waals surface area contributed by atoms with Crippen LogP contribution in [0.4, 0.5) is 5.69 Å². The summed E-state index contributed by atoms with van der Waals surface area (Å²) in [5.41, 5.74) is 3.16. The van der Waals surface area contributed by atoms with E-state index in [-0.39, 0.29) is 35.5 Å². The zero-order valence-electron chi connectivity index (χ0n) is 18.8. The SMILES string of the molecule is CC1=C(C(=O)OC(C)C)[C@H](c2ccccc2[N+](=O)[O-])C2=C(C[C@H](c3ccccc3)CC2=O)N1. The Bertz CT molecular complexity index is 1180. The second-order valence-corrected chi connectivity index (χ2v) is 8.70. The van der Waals surface area contributed by atoms with Gasteiger partial charge in [-0.15, -0.1) is 0 Å². The average Bonchev–Trinajstić information content (AvgIpc) is 2.78. The molecule has 1 N–H and O–H groups in total. The van der Waals surface area contributed by atoms with Crippen LogP contribution in [0.1, 0.15) is 56.6 Å². The number of nitrogens with one attached hydrogen (secondary N) is 1. The van der Waals surface area contributed by atoms with E-state index >= 15 is 0 Å². The molecule has 7 nitrogen and oxygen atoms in total. The number of rotatable bonds is 5. The number of hydrogen-bond donors (Lipinski definition) is 1. The van der Waals surface area contributed by atoms with E-state index in [1.807, 2.05) is 30.3 Å². The number of nitrogens with zero attached hydrogens (tertiary/aromatic N) is 1. The first-order chi connectivity index (χ1) is 15.8. The highest BCUT2D eigenvalue weighted by atomic mass is 16.6. The number of ketones is 1. The molecule has 2 aliphatic rings. The number of allylic oxidation sites excluding steroid dienone is 3. The molecular formula is C26H26N2O5. The zero-order chi connectivity index (χ0) is 23.7. The van der Waals surface area contributed by atoms with E-state index in [9.17, 15) is 19.7 Å². The third-order valence-corrected chi connectivity index (χ3v) is 6.11. The van der Waals surface area contributed by atoms with E-state index < -0.39 is 16.8 Å². The fraction of sp³-hybridized carbons (Fsp3) is 0.308. The van der Waals surface area contributed by atoms with E-state index in [0.29, 0.717) is 29.0 Å². The Balaban J connectivity index is 1.86. The maximum atomic E-state index is 13.5. The van der Waals surface area contributed by atoms with Gasteiger partial charge in [0.15, 0.2) is 5.78 Å². The molecule has 1 heterocycles. The summed E-state index contributed by atoms with van der Waals surface area (Å²) >= 11 is 0.